The molecule has 0 atom stereocenters. The maximum Gasteiger partial charge on any atom is 0.223 e. The van der Waals surface area contributed by atoms with Crippen LogP contribution in [0.25, 0.3) is 22.2 Å². The molecule has 0 amide bonds. The fourth-order valence-corrected chi connectivity index (χ4v) is 3.75. The van der Waals surface area contributed by atoms with Gasteiger partial charge in [0.25, 0.3) is 0 Å². The number of nitrogens with one attached hydrogen (secondary N) is 2. The van der Waals surface area contributed by atoms with E-state index in [1.165, 1.54) is 6.07 Å². The van der Waals surface area contributed by atoms with Gasteiger partial charge in [0.05, 0.1) is 10.9 Å². The summed E-state index contributed by atoms with van der Waals surface area (Å²) in [7, 11) is 0. The van der Waals surface area contributed by atoms with Crippen LogP contribution in [-0.2, 0) is 0 Å². The van der Waals surface area contributed by atoms with Crippen LogP contribution in [0.4, 0.5) is 22.0 Å². The number of benzene rings is 1. The quantitative estimate of drug-likeness (QED) is 0.396. The highest BCUT2D eigenvalue weighted by molar-refractivity contribution is 5.86. The minimum atomic E-state index is -0.527. The van der Waals surface area contributed by atoms with E-state index in [0.717, 1.165) is 31.6 Å². The standard InChI is InChI=1S/C21H21FN8O/c22-14-11-12(1-2-16(14)31-15-4-6-27-19-13(15)3-5-26-19)17-18(23)28-21(24)29-20(17)30-9-7-25-8-10-30/h1-6,11,25H,7-10H2,(H,26,27)(H4,23,24,28,29). The molecule has 1 saturated heterocycles. The third kappa shape index (κ3) is 3.57. The maximum atomic E-state index is 15.1. The van der Waals surface area contributed by atoms with Crippen LogP contribution < -0.4 is 26.4 Å². The molecule has 1 aliphatic heterocycles. The van der Waals surface area contributed by atoms with E-state index in [1.54, 1.807) is 30.6 Å². The van der Waals surface area contributed by atoms with Crippen LogP contribution in [0, 0.1) is 5.82 Å². The summed E-state index contributed by atoms with van der Waals surface area (Å²) >= 11 is 0. The number of nitrogens with zero attached hydrogens (tertiary/aromatic N) is 4. The van der Waals surface area contributed by atoms with Crippen molar-refractivity contribution >= 4 is 28.6 Å². The summed E-state index contributed by atoms with van der Waals surface area (Å²) < 4.78 is 20.9. The largest absolute Gasteiger partial charge is 0.453 e. The Morgan fingerprint density at radius 1 is 1.03 bits per heavy atom. The molecule has 5 rings (SSSR count). The van der Waals surface area contributed by atoms with Gasteiger partial charge in [-0.15, -0.1) is 0 Å². The number of anilines is 3. The maximum absolute atomic E-state index is 15.1. The molecule has 9 nitrogen and oxygen atoms in total. The van der Waals surface area contributed by atoms with E-state index >= 15 is 4.39 Å². The predicted molar refractivity (Wildman–Crippen MR) is 118 cm³/mol. The molecule has 1 aromatic carbocycles. The summed E-state index contributed by atoms with van der Waals surface area (Å²) in [6, 6.07) is 8.21. The minimum absolute atomic E-state index is 0.0865. The van der Waals surface area contributed by atoms with Gasteiger partial charge < -0.3 is 31.4 Å². The number of aromatic amines is 1. The van der Waals surface area contributed by atoms with Gasteiger partial charge in [-0.25, -0.2) is 9.37 Å². The summed E-state index contributed by atoms with van der Waals surface area (Å²) in [5, 5.41) is 4.06. The van der Waals surface area contributed by atoms with E-state index in [1.807, 2.05) is 6.07 Å². The first-order chi connectivity index (χ1) is 15.1. The van der Waals surface area contributed by atoms with Crippen molar-refractivity contribution in [2.24, 2.45) is 0 Å². The van der Waals surface area contributed by atoms with Crippen molar-refractivity contribution < 1.29 is 9.13 Å². The van der Waals surface area contributed by atoms with Gasteiger partial charge in [-0.2, -0.15) is 9.97 Å². The zero-order valence-electron chi connectivity index (χ0n) is 16.6. The molecule has 0 bridgehead atoms. The highest BCUT2D eigenvalue weighted by atomic mass is 19.1. The number of fused-ring (bicyclic) bond motifs is 1. The number of rotatable bonds is 4. The van der Waals surface area contributed by atoms with Crippen molar-refractivity contribution in [2.45, 2.75) is 0 Å². The third-order valence-corrected chi connectivity index (χ3v) is 5.21. The van der Waals surface area contributed by atoms with Crippen molar-refractivity contribution in [3.63, 3.8) is 0 Å². The molecule has 1 fully saturated rings. The normalized spacial score (nSPS) is 14.2. The SMILES string of the molecule is Nc1nc(N)c(-c2ccc(Oc3ccnc4[nH]ccc34)c(F)c2)c(N2CCNCC2)n1. The number of aromatic nitrogens is 4. The molecule has 158 valence electrons. The molecule has 0 spiro atoms. The predicted octanol–water partition coefficient (Wildman–Crippen LogP) is 2.53. The number of piperazine rings is 1. The van der Waals surface area contributed by atoms with Crippen molar-refractivity contribution in [1.29, 1.82) is 0 Å². The van der Waals surface area contributed by atoms with Gasteiger partial charge in [-0.3, -0.25) is 0 Å². The van der Waals surface area contributed by atoms with E-state index in [9.17, 15) is 0 Å². The van der Waals surface area contributed by atoms with Crippen molar-refractivity contribution in [1.82, 2.24) is 25.3 Å². The number of ether oxygens (including phenoxy) is 1. The van der Waals surface area contributed by atoms with Crippen LogP contribution in [0.1, 0.15) is 0 Å². The van der Waals surface area contributed by atoms with Crippen LogP contribution in [-0.4, -0.2) is 46.1 Å². The highest BCUT2D eigenvalue weighted by Gasteiger charge is 2.22. The van der Waals surface area contributed by atoms with Crippen LogP contribution in [0.5, 0.6) is 11.5 Å². The second kappa shape index (κ2) is 7.73. The van der Waals surface area contributed by atoms with Gasteiger partial charge >= 0.3 is 0 Å². The van der Waals surface area contributed by atoms with Gasteiger partial charge in [0.1, 0.15) is 23.0 Å². The number of nitrogen functional groups attached to an aromatic ring is 2. The van der Waals surface area contributed by atoms with Crippen LogP contribution >= 0.6 is 0 Å². The Balaban J connectivity index is 1.52. The number of hydrogen-bond acceptors (Lipinski definition) is 8. The van der Waals surface area contributed by atoms with E-state index in [2.05, 4.69) is 30.2 Å². The van der Waals surface area contributed by atoms with E-state index in [-0.39, 0.29) is 17.5 Å². The Morgan fingerprint density at radius 2 is 1.87 bits per heavy atom. The lowest BCUT2D eigenvalue weighted by Gasteiger charge is -2.30. The van der Waals surface area contributed by atoms with Gasteiger partial charge in [-0.05, 0) is 29.8 Å². The summed E-state index contributed by atoms with van der Waals surface area (Å²) in [5.41, 5.74) is 13.8. The monoisotopic (exact) mass is 420 g/mol. The topological polar surface area (TPSA) is 131 Å². The molecule has 0 unspecified atom stereocenters. The number of H-pyrrole nitrogens is 1. The molecule has 4 aromatic rings. The molecule has 10 heteroatoms. The first-order valence-corrected chi connectivity index (χ1v) is 9.88. The van der Waals surface area contributed by atoms with Crippen LogP contribution in [0.3, 0.4) is 0 Å². The molecule has 1 aliphatic rings. The fraction of sp³-hybridized carbons (Fsp3) is 0.190. The summed E-state index contributed by atoms with van der Waals surface area (Å²) in [6.45, 7) is 3.09. The first kappa shape index (κ1) is 19.1. The molecule has 0 saturated carbocycles. The lowest BCUT2D eigenvalue weighted by atomic mass is 10.1. The molecule has 4 heterocycles. The average Bonchev–Trinajstić information content (AvgIpc) is 3.25. The fourth-order valence-electron chi connectivity index (χ4n) is 3.75. The molecule has 3 aromatic heterocycles. The van der Waals surface area contributed by atoms with Crippen LogP contribution in [0.15, 0.2) is 42.7 Å². The Hall–Kier alpha value is -3.92. The van der Waals surface area contributed by atoms with Gasteiger partial charge in [-0.1, -0.05) is 6.07 Å². The zero-order chi connectivity index (χ0) is 21.4. The number of halogens is 1. The first-order valence-electron chi connectivity index (χ1n) is 9.88. The van der Waals surface area contributed by atoms with Crippen LogP contribution in [0.2, 0.25) is 0 Å². The Kier molecular flexibility index (Phi) is 4.75. The van der Waals surface area contributed by atoms with E-state index in [0.29, 0.717) is 28.3 Å². The van der Waals surface area contributed by atoms with Gasteiger partial charge in [0, 0.05) is 38.6 Å². The number of nitrogens with two attached hydrogens (primary N) is 2. The number of pyridine rings is 1. The van der Waals surface area contributed by atoms with Crippen molar-refractivity contribution in [2.75, 3.05) is 42.5 Å². The lowest BCUT2D eigenvalue weighted by molar-refractivity contribution is 0.446. The summed E-state index contributed by atoms with van der Waals surface area (Å²) in [6.07, 6.45) is 3.36. The second-order valence-corrected chi connectivity index (χ2v) is 7.20. The highest BCUT2D eigenvalue weighted by Crippen LogP contribution is 2.37. The second-order valence-electron chi connectivity index (χ2n) is 7.20. The van der Waals surface area contributed by atoms with E-state index < -0.39 is 5.82 Å². The molecule has 0 radical (unpaired) electrons. The van der Waals surface area contributed by atoms with Crippen molar-refractivity contribution in [3.8, 4) is 22.6 Å². The number of hydrogen-bond donors (Lipinski definition) is 4. The third-order valence-electron chi connectivity index (χ3n) is 5.21. The minimum Gasteiger partial charge on any atom is -0.453 e. The average molecular weight is 420 g/mol. The smallest absolute Gasteiger partial charge is 0.223 e. The molecule has 0 aliphatic carbocycles. The molecular weight excluding hydrogens is 399 g/mol. The molecule has 6 N–H and O–H groups in total. The summed E-state index contributed by atoms with van der Waals surface area (Å²) in [5.74, 6) is 0.967. The lowest BCUT2D eigenvalue weighted by Crippen LogP contribution is -2.44. The summed E-state index contributed by atoms with van der Waals surface area (Å²) in [4.78, 5) is 17.8. The molecule has 31 heavy (non-hydrogen) atoms. The zero-order valence-corrected chi connectivity index (χ0v) is 16.6. The Morgan fingerprint density at radius 3 is 2.68 bits per heavy atom. The van der Waals surface area contributed by atoms with E-state index in [4.69, 9.17) is 16.2 Å². The Labute approximate surface area is 177 Å². The van der Waals surface area contributed by atoms with Gasteiger partial charge in [0.15, 0.2) is 11.6 Å². The molecular formula is C21H21FN8O. The van der Waals surface area contributed by atoms with Crippen molar-refractivity contribution in [3.05, 3.63) is 48.5 Å². The Bertz CT molecular complexity index is 1250. The van der Waals surface area contributed by atoms with Gasteiger partial charge in [0.2, 0.25) is 5.95 Å².